The van der Waals surface area contributed by atoms with E-state index < -0.39 is 17.3 Å². The second-order valence-electron chi connectivity index (χ2n) is 4.87. The van der Waals surface area contributed by atoms with E-state index in [4.69, 9.17) is 0 Å². The topological polar surface area (TPSA) is 23.5 Å². The van der Waals surface area contributed by atoms with Gasteiger partial charge < -0.3 is 10.0 Å². The van der Waals surface area contributed by atoms with Crippen LogP contribution in [-0.2, 0) is 6.18 Å². The zero-order valence-corrected chi connectivity index (χ0v) is 10.8. The van der Waals surface area contributed by atoms with Gasteiger partial charge >= 0.3 is 6.18 Å². The van der Waals surface area contributed by atoms with E-state index in [2.05, 4.69) is 0 Å². The summed E-state index contributed by atoms with van der Waals surface area (Å²) in [5.74, 6) is 0. The summed E-state index contributed by atoms with van der Waals surface area (Å²) in [5.41, 5.74) is -0.878. The summed E-state index contributed by atoms with van der Waals surface area (Å²) < 4.78 is 37.3. The molecule has 1 N–H and O–H groups in total. The summed E-state index contributed by atoms with van der Waals surface area (Å²) in [5, 5.41) is 9.74. The molecule has 2 nitrogen and oxygen atoms in total. The quantitative estimate of drug-likeness (QED) is 0.899. The molecule has 5 heteroatoms. The molecule has 0 bridgehead atoms. The van der Waals surface area contributed by atoms with Gasteiger partial charge in [0.1, 0.15) is 0 Å². The SMILES string of the molecule is CCN(CC(C)(C)O)c1ccc(C(F)(F)F)cc1. The molecule has 102 valence electrons. The van der Waals surface area contributed by atoms with Crippen molar-refractivity contribution in [2.24, 2.45) is 0 Å². The molecule has 0 aliphatic rings. The number of nitrogens with zero attached hydrogens (tertiary/aromatic N) is 1. The summed E-state index contributed by atoms with van der Waals surface area (Å²) in [4.78, 5) is 1.83. The van der Waals surface area contributed by atoms with Gasteiger partial charge in [0.15, 0.2) is 0 Å². The summed E-state index contributed by atoms with van der Waals surface area (Å²) in [6.07, 6.45) is -4.31. The number of halogens is 3. The van der Waals surface area contributed by atoms with Crippen molar-refractivity contribution in [2.75, 3.05) is 18.0 Å². The van der Waals surface area contributed by atoms with E-state index in [0.717, 1.165) is 12.1 Å². The van der Waals surface area contributed by atoms with Gasteiger partial charge in [-0.05, 0) is 45.0 Å². The highest BCUT2D eigenvalue weighted by Crippen LogP contribution is 2.30. The van der Waals surface area contributed by atoms with Crippen LogP contribution in [0.25, 0.3) is 0 Å². The number of hydrogen-bond acceptors (Lipinski definition) is 2. The third-order valence-electron chi connectivity index (χ3n) is 2.52. The van der Waals surface area contributed by atoms with Crippen molar-refractivity contribution in [3.05, 3.63) is 29.8 Å². The van der Waals surface area contributed by atoms with Crippen molar-refractivity contribution in [1.29, 1.82) is 0 Å². The summed E-state index contributed by atoms with van der Waals surface area (Å²) in [6.45, 7) is 6.22. The molecule has 0 amide bonds. The van der Waals surface area contributed by atoms with Crippen LogP contribution in [0.4, 0.5) is 18.9 Å². The third kappa shape index (κ3) is 4.22. The van der Waals surface area contributed by atoms with Gasteiger partial charge in [0, 0.05) is 18.8 Å². The largest absolute Gasteiger partial charge is 0.416 e. The van der Waals surface area contributed by atoms with Gasteiger partial charge in [0.25, 0.3) is 0 Å². The van der Waals surface area contributed by atoms with E-state index in [1.54, 1.807) is 13.8 Å². The second kappa shape index (κ2) is 5.18. The molecule has 0 saturated heterocycles. The van der Waals surface area contributed by atoms with Gasteiger partial charge in [-0.15, -0.1) is 0 Å². The van der Waals surface area contributed by atoms with E-state index >= 15 is 0 Å². The number of hydrogen-bond donors (Lipinski definition) is 1. The lowest BCUT2D eigenvalue weighted by Gasteiger charge is -2.30. The Balaban J connectivity index is 2.89. The highest BCUT2D eigenvalue weighted by molar-refractivity contribution is 5.48. The Hall–Kier alpha value is -1.23. The average Bonchev–Trinajstić information content (AvgIpc) is 2.24. The number of rotatable bonds is 4. The molecule has 0 saturated carbocycles. The van der Waals surface area contributed by atoms with E-state index in [1.165, 1.54) is 12.1 Å². The first-order chi connectivity index (χ1) is 8.13. The Morgan fingerprint density at radius 1 is 1.11 bits per heavy atom. The highest BCUT2D eigenvalue weighted by atomic mass is 19.4. The minimum absolute atomic E-state index is 0.370. The molecule has 0 radical (unpaired) electrons. The maximum absolute atomic E-state index is 12.4. The molecule has 0 aliphatic heterocycles. The monoisotopic (exact) mass is 261 g/mol. The fourth-order valence-corrected chi connectivity index (χ4v) is 1.71. The van der Waals surface area contributed by atoms with E-state index in [0.29, 0.717) is 18.8 Å². The van der Waals surface area contributed by atoms with Crippen LogP contribution in [0.2, 0.25) is 0 Å². The highest BCUT2D eigenvalue weighted by Gasteiger charge is 2.30. The smallest absolute Gasteiger partial charge is 0.389 e. The molecule has 18 heavy (non-hydrogen) atoms. The first kappa shape index (κ1) is 14.8. The van der Waals surface area contributed by atoms with Gasteiger partial charge in [-0.3, -0.25) is 0 Å². The lowest BCUT2D eigenvalue weighted by molar-refractivity contribution is -0.137. The minimum atomic E-state index is -4.31. The predicted molar refractivity (Wildman–Crippen MR) is 65.6 cm³/mol. The molecule has 0 aliphatic carbocycles. The zero-order valence-electron chi connectivity index (χ0n) is 10.8. The number of benzene rings is 1. The predicted octanol–water partition coefficient (Wildman–Crippen LogP) is 3.30. The van der Waals surface area contributed by atoms with Gasteiger partial charge in [-0.25, -0.2) is 0 Å². The molecule has 0 aromatic heterocycles. The van der Waals surface area contributed by atoms with Crippen molar-refractivity contribution in [3.63, 3.8) is 0 Å². The van der Waals surface area contributed by atoms with Crippen LogP contribution in [0.3, 0.4) is 0 Å². The molecular weight excluding hydrogens is 243 g/mol. The van der Waals surface area contributed by atoms with E-state index in [-0.39, 0.29) is 0 Å². The first-order valence-electron chi connectivity index (χ1n) is 5.78. The molecule has 1 aromatic rings. The molecular formula is C13H18F3NO. The Kier molecular flexibility index (Phi) is 4.27. The molecule has 0 heterocycles. The fraction of sp³-hybridized carbons (Fsp3) is 0.538. The molecule has 1 aromatic carbocycles. The Morgan fingerprint density at radius 3 is 1.94 bits per heavy atom. The van der Waals surface area contributed by atoms with Crippen molar-refractivity contribution < 1.29 is 18.3 Å². The number of alkyl halides is 3. The van der Waals surface area contributed by atoms with E-state index in [1.807, 2.05) is 11.8 Å². The average molecular weight is 261 g/mol. The van der Waals surface area contributed by atoms with Crippen molar-refractivity contribution in [3.8, 4) is 0 Å². The number of likely N-dealkylation sites (N-methyl/N-ethyl adjacent to an activating group) is 1. The molecule has 0 unspecified atom stereocenters. The van der Waals surface area contributed by atoms with Crippen molar-refractivity contribution >= 4 is 5.69 Å². The Bertz CT molecular complexity index is 379. The molecule has 0 atom stereocenters. The zero-order chi connectivity index (χ0) is 14.0. The van der Waals surface area contributed by atoms with Crippen LogP contribution >= 0.6 is 0 Å². The standard InChI is InChI=1S/C13H18F3NO/c1-4-17(9-12(2,3)18)11-7-5-10(6-8-11)13(14,15)16/h5-8,18H,4,9H2,1-3H3. The maximum Gasteiger partial charge on any atom is 0.416 e. The second-order valence-corrected chi connectivity index (χ2v) is 4.87. The molecule has 0 spiro atoms. The van der Waals surface area contributed by atoms with Gasteiger partial charge in [-0.1, -0.05) is 0 Å². The number of anilines is 1. The van der Waals surface area contributed by atoms with Gasteiger partial charge in [0.2, 0.25) is 0 Å². The lowest BCUT2D eigenvalue weighted by Crippen LogP contribution is -2.38. The van der Waals surface area contributed by atoms with Crippen LogP contribution in [0.15, 0.2) is 24.3 Å². The first-order valence-corrected chi connectivity index (χ1v) is 5.78. The molecule has 0 fully saturated rings. The van der Waals surface area contributed by atoms with Crippen LogP contribution < -0.4 is 4.90 Å². The van der Waals surface area contributed by atoms with Crippen LogP contribution in [0.5, 0.6) is 0 Å². The summed E-state index contributed by atoms with van der Waals surface area (Å²) in [6, 6.07) is 4.97. The van der Waals surface area contributed by atoms with Crippen LogP contribution in [0, 0.1) is 0 Å². The normalized spacial score (nSPS) is 12.6. The fourth-order valence-electron chi connectivity index (χ4n) is 1.71. The van der Waals surface area contributed by atoms with Gasteiger partial charge in [-0.2, -0.15) is 13.2 Å². The van der Waals surface area contributed by atoms with Crippen molar-refractivity contribution in [1.82, 2.24) is 0 Å². The summed E-state index contributed by atoms with van der Waals surface area (Å²) in [7, 11) is 0. The molecule has 1 rings (SSSR count). The Labute approximate surface area is 105 Å². The lowest BCUT2D eigenvalue weighted by atomic mass is 10.1. The number of aliphatic hydroxyl groups is 1. The van der Waals surface area contributed by atoms with Crippen LogP contribution in [-0.4, -0.2) is 23.8 Å². The van der Waals surface area contributed by atoms with Gasteiger partial charge in [0.05, 0.1) is 11.2 Å². The maximum atomic E-state index is 12.4. The van der Waals surface area contributed by atoms with E-state index in [9.17, 15) is 18.3 Å². The minimum Gasteiger partial charge on any atom is -0.389 e. The van der Waals surface area contributed by atoms with Crippen LogP contribution in [0.1, 0.15) is 26.3 Å². The van der Waals surface area contributed by atoms with Crippen molar-refractivity contribution in [2.45, 2.75) is 32.5 Å². The third-order valence-corrected chi connectivity index (χ3v) is 2.52. The Morgan fingerprint density at radius 2 is 1.61 bits per heavy atom. The summed E-state index contributed by atoms with van der Waals surface area (Å²) >= 11 is 0.